The minimum atomic E-state index is -3.42. The van der Waals surface area contributed by atoms with Gasteiger partial charge in [-0.3, -0.25) is 14.0 Å². The molecule has 0 aromatic heterocycles. The highest BCUT2D eigenvalue weighted by molar-refractivity contribution is 7.92. The van der Waals surface area contributed by atoms with Crippen LogP contribution in [0, 0.1) is 13.8 Å². The van der Waals surface area contributed by atoms with Crippen LogP contribution in [0.25, 0.3) is 0 Å². The molecule has 33 heavy (non-hydrogen) atoms. The number of hydrogen-bond donors (Lipinski definition) is 1. The number of hydrogen-bond acceptors (Lipinski definition) is 4. The predicted octanol–water partition coefficient (Wildman–Crippen LogP) is 4.15. The summed E-state index contributed by atoms with van der Waals surface area (Å²) in [6.07, 6.45) is 5.83. The van der Waals surface area contributed by atoms with Crippen molar-refractivity contribution in [3.05, 3.63) is 64.7 Å². The van der Waals surface area contributed by atoms with Gasteiger partial charge in [0, 0.05) is 26.1 Å². The fourth-order valence-electron chi connectivity index (χ4n) is 4.47. The molecule has 0 atom stereocenters. The van der Waals surface area contributed by atoms with Crippen LogP contribution < -0.4 is 9.62 Å². The summed E-state index contributed by atoms with van der Waals surface area (Å²) in [7, 11) is -3.42. The molecule has 3 rings (SSSR count). The van der Waals surface area contributed by atoms with Crippen molar-refractivity contribution in [2.75, 3.05) is 30.2 Å². The molecule has 1 saturated heterocycles. The van der Waals surface area contributed by atoms with Crippen molar-refractivity contribution in [1.82, 2.24) is 10.2 Å². The van der Waals surface area contributed by atoms with Gasteiger partial charge in [-0.15, -0.1) is 0 Å². The molecule has 0 radical (unpaired) electrons. The van der Waals surface area contributed by atoms with Gasteiger partial charge in [-0.25, -0.2) is 8.42 Å². The number of carbonyl (C=O) groups excluding carboxylic acids is 1. The summed E-state index contributed by atoms with van der Waals surface area (Å²) in [6, 6.07) is 14.1. The molecule has 1 N–H and O–H groups in total. The average molecular weight is 472 g/mol. The van der Waals surface area contributed by atoms with Crippen LogP contribution in [0.5, 0.6) is 0 Å². The highest BCUT2D eigenvalue weighted by atomic mass is 32.2. The molecule has 0 aliphatic carbocycles. The van der Waals surface area contributed by atoms with Crippen LogP contribution >= 0.6 is 0 Å². The van der Waals surface area contributed by atoms with Crippen molar-refractivity contribution in [2.45, 2.75) is 59.0 Å². The quantitative estimate of drug-likeness (QED) is 0.565. The number of rotatable bonds is 10. The molecular weight excluding hydrogens is 434 g/mol. The van der Waals surface area contributed by atoms with Crippen LogP contribution in [0.3, 0.4) is 0 Å². The van der Waals surface area contributed by atoms with Gasteiger partial charge in [0.15, 0.2) is 0 Å². The number of benzene rings is 2. The maximum absolute atomic E-state index is 12.4. The fourth-order valence-corrected chi connectivity index (χ4v) is 5.42. The van der Waals surface area contributed by atoms with Crippen LogP contribution in [0.4, 0.5) is 5.69 Å². The first kappa shape index (κ1) is 25.2. The normalized spacial score (nSPS) is 14.8. The zero-order chi connectivity index (χ0) is 23.8. The molecule has 1 heterocycles. The molecule has 6 nitrogen and oxygen atoms in total. The highest BCUT2D eigenvalue weighted by Gasteiger charge is 2.18. The Morgan fingerprint density at radius 1 is 1.00 bits per heavy atom. The van der Waals surface area contributed by atoms with Crippen molar-refractivity contribution >= 4 is 21.6 Å². The number of amides is 1. The maximum atomic E-state index is 12.4. The first-order valence-corrected chi connectivity index (χ1v) is 13.7. The van der Waals surface area contributed by atoms with Gasteiger partial charge in [0.25, 0.3) is 0 Å². The lowest BCUT2D eigenvalue weighted by Gasteiger charge is -2.26. The topological polar surface area (TPSA) is 69.7 Å². The lowest BCUT2D eigenvalue weighted by Crippen LogP contribution is -2.32. The summed E-state index contributed by atoms with van der Waals surface area (Å²) in [5.41, 5.74) is 5.05. The second-order valence-corrected chi connectivity index (χ2v) is 11.1. The number of nitrogens with one attached hydrogen (secondary N) is 1. The molecule has 0 saturated carbocycles. The van der Waals surface area contributed by atoms with E-state index in [2.05, 4.69) is 28.4 Å². The Morgan fingerprint density at radius 3 is 2.33 bits per heavy atom. The van der Waals surface area contributed by atoms with E-state index in [1.807, 2.05) is 38.1 Å². The van der Waals surface area contributed by atoms with Gasteiger partial charge in [-0.1, -0.05) is 36.8 Å². The second kappa shape index (κ2) is 11.7. The van der Waals surface area contributed by atoms with Crippen LogP contribution in [-0.4, -0.2) is 45.1 Å². The van der Waals surface area contributed by atoms with Crippen LogP contribution in [0.2, 0.25) is 0 Å². The first-order valence-electron chi connectivity index (χ1n) is 11.8. The Morgan fingerprint density at radius 2 is 1.67 bits per heavy atom. The van der Waals surface area contributed by atoms with E-state index < -0.39 is 10.0 Å². The lowest BCUT2D eigenvalue weighted by molar-refractivity contribution is -0.121. The maximum Gasteiger partial charge on any atom is 0.232 e. The summed E-state index contributed by atoms with van der Waals surface area (Å²) in [4.78, 5) is 14.9. The van der Waals surface area contributed by atoms with Gasteiger partial charge >= 0.3 is 0 Å². The van der Waals surface area contributed by atoms with Crippen molar-refractivity contribution in [3.8, 4) is 0 Å². The minimum Gasteiger partial charge on any atom is -0.352 e. The molecule has 1 fully saturated rings. The van der Waals surface area contributed by atoms with Gasteiger partial charge in [0.1, 0.15) is 0 Å². The van der Waals surface area contributed by atoms with Crippen molar-refractivity contribution in [1.29, 1.82) is 0 Å². The van der Waals surface area contributed by atoms with E-state index in [1.165, 1.54) is 35.4 Å². The molecular formula is C26H37N3O3S. The van der Waals surface area contributed by atoms with Gasteiger partial charge in [-0.05, 0) is 80.6 Å². The Bertz CT molecular complexity index is 1030. The molecule has 1 aliphatic heterocycles. The first-order chi connectivity index (χ1) is 15.7. The second-order valence-electron chi connectivity index (χ2n) is 9.22. The molecule has 0 spiro atoms. The molecule has 1 aliphatic rings. The minimum absolute atomic E-state index is 0.0645. The number of nitrogens with zero attached hydrogens (tertiary/aromatic N) is 2. The molecule has 2 aromatic rings. The SMILES string of the molecule is Cc1cc(C)cc(N(CCCC(=O)NCc2cccc(CN3CCCCC3)c2)S(C)(=O)=O)c1. The molecule has 0 unspecified atom stereocenters. The number of piperidine rings is 1. The summed E-state index contributed by atoms with van der Waals surface area (Å²) < 4.78 is 26.1. The van der Waals surface area contributed by atoms with Gasteiger partial charge in [0.05, 0.1) is 11.9 Å². The standard InChI is InChI=1S/C26H37N3O3S/c1-21-15-22(2)17-25(16-21)29(33(3,31)32)14-8-11-26(30)27-19-23-9-7-10-24(18-23)20-28-12-5-4-6-13-28/h7,9-10,15-18H,4-6,8,11-14,19-20H2,1-3H3,(H,27,30). The Kier molecular flexibility index (Phi) is 8.92. The van der Waals surface area contributed by atoms with E-state index >= 15 is 0 Å². The molecule has 180 valence electrons. The highest BCUT2D eigenvalue weighted by Crippen LogP contribution is 2.22. The number of sulfonamides is 1. The monoisotopic (exact) mass is 471 g/mol. The number of aryl methyl sites for hydroxylation is 2. The lowest BCUT2D eigenvalue weighted by atomic mass is 10.1. The predicted molar refractivity (Wildman–Crippen MR) is 135 cm³/mol. The van der Waals surface area contributed by atoms with Gasteiger partial charge in [0.2, 0.25) is 15.9 Å². The van der Waals surface area contributed by atoms with E-state index in [-0.39, 0.29) is 18.9 Å². The fraction of sp³-hybridized carbons (Fsp3) is 0.500. The third-order valence-electron chi connectivity index (χ3n) is 6.00. The number of anilines is 1. The Labute approximate surface area is 199 Å². The zero-order valence-corrected chi connectivity index (χ0v) is 21.0. The van der Waals surface area contributed by atoms with Crippen LogP contribution in [0.1, 0.15) is 54.4 Å². The smallest absolute Gasteiger partial charge is 0.232 e. The molecule has 0 bridgehead atoms. The number of likely N-dealkylation sites (tertiary alicyclic amines) is 1. The third kappa shape index (κ3) is 8.16. The Hall–Kier alpha value is -2.38. The van der Waals surface area contributed by atoms with E-state index in [0.717, 1.165) is 36.3 Å². The van der Waals surface area contributed by atoms with Crippen LogP contribution in [-0.2, 0) is 27.9 Å². The zero-order valence-electron chi connectivity index (χ0n) is 20.1. The van der Waals surface area contributed by atoms with Crippen molar-refractivity contribution in [3.63, 3.8) is 0 Å². The van der Waals surface area contributed by atoms with Gasteiger partial charge < -0.3 is 5.32 Å². The molecule has 1 amide bonds. The summed E-state index contributed by atoms with van der Waals surface area (Å²) in [6.45, 7) is 7.95. The average Bonchev–Trinajstić information content (AvgIpc) is 2.75. The van der Waals surface area contributed by atoms with E-state index in [1.54, 1.807) is 0 Å². The molecule has 2 aromatic carbocycles. The van der Waals surface area contributed by atoms with E-state index in [0.29, 0.717) is 18.7 Å². The van der Waals surface area contributed by atoms with Gasteiger partial charge in [-0.2, -0.15) is 0 Å². The summed E-state index contributed by atoms with van der Waals surface area (Å²) >= 11 is 0. The van der Waals surface area contributed by atoms with E-state index in [4.69, 9.17) is 0 Å². The van der Waals surface area contributed by atoms with Crippen molar-refractivity contribution in [2.24, 2.45) is 0 Å². The number of carbonyl (C=O) groups is 1. The van der Waals surface area contributed by atoms with Crippen molar-refractivity contribution < 1.29 is 13.2 Å². The largest absolute Gasteiger partial charge is 0.352 e. The summed E-state index contributed by atoms with van der Waals surface area (Å²) in [5, 5.41) is 2.98. The third-order valence-corrected chi connectivity index (χ3v) is 7.19. The molecule has 7 heteroatoms. The van der Waals surface area contributed by atoms with Crippen LogP contribution in [0.15, 0.2) is 42.5 Å². The summed E-state index contributed by atoms with van der Waals surface area (Å²) in [5.74, 6) is -0.0645. The Balaban J connectivity index is 1.49. The van der Waals surface area contributed by atoms with E-state index in [9.17, 15) is 13.2 Å².